The van der Waals surface area contributed by atoms with E-state index in [2.05, 4.69) is 10.1 Å². The highest BCUT2D eigenvalue weighted by atomic mass is 19.3. The number of benzene rings is 1. The third-order valence-corrected chi connectivity index (χ3v) is 5.06. The molecule has 1 aromatic carbocycles. The highest BCUT2D eigenvalue weighted by Crippen LogP contribution is 2.38. The van der Waals surface area contributed by atoms with E-state index >= 15 is 0 Å². The monoisotopic (exact) mass is 370 g/mol. The van der Waals surface area contributed by atoms with Gasteiger partial charge in [-0.25, -0.2) is 0 Å². The SMILES string of the molecule is COc1ccc(CCNC(=O)CC2(CN)CCCCC2)cc1OC(F)F. The number of halogens is 2. The van der Waals surface area contributed by atoms with Crippen LogP contribution in [0, 0.1) is 5.41 Å². The summed E-state index contributed by atoms with van der Waals surface area (Å²) < 4.78 is 34.4. The lowest BCUT2D eigenvalue weighted by Crippen LogP contribution is -2.39. The van der Waals surface area contributed by atoms with E-state index in [1.165, 1.54) is 19.6 Å². The zero-order chi connectivity index (χ0) is 19.0. The predicted octanol–water partition coefficient (Wildman–Crippen LogP) is 3.25. The zero-order valence-electron chi connectivity index (χ0n) is 15.2. The molecule has 0 bridgehead atoms. The molecule has 0 unspecified atom stereocenters. The van der Waals surface area contributed by atoms with Crippen LogP contribution in [0.25, 0.3) is 0 Å². The number of hydrogen-bond acceptors (Lipinski definition) is 4. The van der Waals surface area contributed by atoms with Gasteiger partial charge in [-0.3, -0.25) is 4.79 Å². The summed E-state index contributed by atoms with van der Waals surface area (Å²) in [6.07, 6.45) is 6.45. The topological polar surface area (TPSA) is 73.6 Å². The molecular formula is C19H28F2N2O3. The Hall–Kier alpha value is -1.89. The fourth-order valence-electron chi connectivity index (χ4n) is 3.57. The van der Waals surface area contributed by atoms with Gasteiger partial charge >= 0.3 is 6.61 Å². The van der Waals surface area contributed by atoms with Gasteiger partial charge in [0.25, 0.3) is 0 Å². The first-order valence-electron chi connectivity index (χ1n) is 9.06. The Bertz CT molecular complexity index is 590. The molecule has 0 aromatic heterocycles. The molecule has 0 heterocycles. The zero-order valence-corrected chi connectivity index (χ0v) is 15.2. The highest BCUT2D eigenvalue weighted by molar-refractivity contribution is 5.76. The number of hydrogen-bond donors (Lipinski definition) is 2. The first-order valence-corrected chi connectivity index (χ1v) is 9.06. The van der Waals surface area contributed by atoms with Crippen molar-refractivity contribution in [1.29, 1.82) is 0 Å². The largest absolute Gasteiger partial charge is 0.493 e. The molecule has 5 nitrogen and oxygen atoms in total. The summed E-state index contributed by atoms with van der Waals surface area (Å²) in [5, 5.41) is 2.91. The number of alkyl halides is 2. The van der Waals surface area contributed by atoms with Crippen LogP contribution in [-0.4, -0.2) is 32.7 Å². The van der Waals surface area contributed by atoms with E-state index in [9.17, 15) is 13.6 Å². The number of rotatable bonds is 9. The van der Waals surface area contributed by atoms with E-state index in [1.807, 2.05) is 0 Å². The van der Waals surface area contributed by atoms with Gasteiger partial charge in [0, 0.05) is 13.0 Å². The fourth-order valence-corrected chi connectivity index (χ4v) is 3.57. The molecule has 26 heavy (non-hydrogen) atoms. The highest BCUT2D eigenvalue weighted by Gasteiger charge is 2.32. The molecule has 7 heteroatoms. The van der Waals surface area contributed by atoms with Crippen LogP contribution in [-0.2, 0) is 11.2 Å². The van der Waals surface area contributed by atoms with Crippen molar-refractivity contribution >= 4 is 5.91 Å². The second-order valence-electron chi connectivity index (χ2n) is 6.91. The molecule has 2 rings (SSSR count). The fraction of sp³-hybridized carbons (Fsp3) is 0.632. The third-order valence-electron chi connectivity index (χ3n) is 5.06. The lowest BCUT2D eigenvalue weighted by atomic mass is 9.71. The molecule has 1 aliphatic rings. The van der Waals surface area contributed by atoms with E-state index in [1.54, 1.807) is 12.1 Å². The summed E-state index contributed by atoms with van der Waals surface area (Å²) in [4.78, 5) is 12.3. The molecule has 1 saturated carbocycles. The second kappa shape index (κ2) is 9.71. The summed E-state index contributed by atoms with van der Waals surface area (Å²) in [6.45, 7) is -1.95. The van der Waals surface area contributed by atoms with E-state index in [0.29, 0.717) is 25.9 Å². The van der Waals surface area contributed by atoms with Crippen molar-refractivity contribution in [3.63, 3.8) is 0 Å². The number of nitrogens with one attached hydrogen (secondary N) is 1. The Kier molecular flexibility index (Phi) is 7.63. The smallest absolute Gasteiger partial charge is 0.387 e. The quantitative estimate of drug-likeness (QED) is 0.700. The second-order valence-corrected chi connectivity index (χ2v) is 6.91. The van der Waals surface area contributed by atoms with Gasteiger partial charge < -0.3 is 20.5 Å². The molecule has 0 radical (unpaired) electrons. The maximum absolute atomic E-state index is 12.5. The molecule has 0 saturated heterocycles. The van der Waals surface area contributed by atoms with Crippen LogP contribution in [0.15, 0.2) is 18.2 Å². The summed E-state index contributed by atoms with van der Waals surface area (Å²) in [5.74, 6) is 0.241. The maximum Gasteiger partial charge on any atom is 0.387 e. The van der Waals surface area contributed by atoms with Crippen LogP contribution in [0.5, 0.6) is 11.5 Å². The van der Waals surface area contributed by atoms with Crippen LogP contribution in [0.2, 0.25) is 0 Å². The summed E-state index contributed by atoms with van der Waals surface area (Å²) >= 11 is 0. The van der Waals surface area contributed by atoms with Crippen molar-refractivity contribution in [3.8, 4) is 11.5 Å². The Labute approximate surface area is 153 Å². The van der Waals surface area contributed by atoms with Gasteiger partial charge in [0.2, 0.25) is 5.91 Å². The van der Waals surface area contributed by atoms with Crippen molar-refractivity contribution in [2.24, 2.45) is 11.1 Å². The van der Waals surface area contributed by atoms with Gasteiger partial charge in [-0.15, -0.1) is 0 Å². The number of carbonyl (C=O) groups excluding carboxylic acids is 1. The molecule has 3 N–H and O–H groups in total. The number of amides is 1. The van der Waals surface area contributed by atoms with Crippen LogP contribution >= 0.6 is 0 Å². The molecule has 1 fully saturated rings. The van der Waals surface area contributed by atoms with Gasteiger partial charge in [-0.1, -0.05) is 25.3 Å². The Morgan fingerprint density at radius 2 is 2.00 bits per heavy atom. The average molecular weight is 370 g/mol. The minimum atomic E-state index is -2.92. The van der Waals surface area contributed by atoms with Crippen LogP contribution in [0.3, 0.4) is 0 Å². The van der Waals surface area contributed by atoms with E-state index in [-0.39, 0.29) is 22.8 Å². The molecule has 0 spiro atoms. The number of methoxy groups -OCH3 is 1. The van der Waals surface area contributed by atoms with Gasteiger partial charge in [0.15, 0.2) is 11.5 Å². The van der Waals surface area contributed by atoms with Crippen molar-refractivity contribution in [2.45, 2.75) is 51.6 Å². The Balaban J connectivity index is 1.85. The van der Waals surface area contributed by atoms with Gasteiger partial charge in [-0.05, 0) is 48.9 Å². The van der Waals surface area contributed by atoms with E-state index < -0.39 is 6.61 Å². The molecular weight excluding hydrogens is 342 g/mol. The predicted molar refractivity (Wildman–Crippen MR) is 95.5 cm³/mol. The van der Waals surface area contributed by atoms with E-state index in [4.69, 9.17) is 10.5 Å². The lowest BCUT2D eigenvalue weighted by Gasteiger charge is -2.35. The first kappa shape index (κ1) is 20.4. The summed E-state index contributed by atoms with van der Waals surface area (Å²) in [7, 11) is 1.39. The molecule has 0 atom stereocenters. The molecule has 1 aromatic rings. The first-order chi connectivity index (χ1) is 12.5. The molecule has 146 valence electrons. The minimum absolute atomic E-state index is 0.00406. The molecule has 1 amide bonds. The van der Waals surface area contributed by atoms with Crippen LogP contribution in [0.4, 0.5) is 8.78 Å². The third kappa shape index (κ3) is 5.83. The number of ether oxygens (including phenoxy) is 2. The minimum Gasteiger partial charge on any atom is -0.493 e. The van der Waals surface area contributed by atoms with Crippen molar-refractivity contribution in [3.05, 3.63) is 23.8 Å². The summed E-state index contributed by atoms with van der Waals surface area (Å²) in [6, 6.07) is 4.87. The number of carbonyl (C=O) groups is 1. The number of nitrogens with two attached hydrogens (primary N) is 1. The van der Waals surface area contributed by atoms with Crippen LogP contribution in [0.1, 0.15) is 44.1 Å². The van der Waals surface area contributed by atoms with Crippen molar-refractivity contribution in [2.75, 3.05) is 20.2 Å². The Morgan fingerprint density at radius 1 is 1.27 bits per heavy atom. The van der Waals surface area contributed by atoms with Gasteiger partial charge in [0.1, 0.15) is 0 Å². The normalized spacial score (nSPS) is 16.3. The van der Waals surface area contributed by atoms with Crippen molar-refractivity contribution in [1.82, 2.24) is 5.32 Å². The van der Waals surface area contributed by atoms with Gasteiger partial charge in [0.05, 0.1) is 7.11 Å². The van der Waals surface area contributed by atoms with Crippen LogP contribution < -0.4 is 20.5 Å². The average Bonchev–Trinajstić information content (AvgIpc) is 2.62. The lowest BCUT2D eigenvalue weighted by molar-refractivity contribution is -0.123. The molecule has 1 aliphatic carbocycles. The van der Waals surface area contributed by atoms with E-state index in [0.717, 1.165) is 31.2 Å². The maximum atomic E-state index is 12.5. The standard InChI is InChI=1S/C19H28F2N2O3/c1-25-15-6-5-14(11-16(15)26-18(20)21)7-10-23-17(24)12-19(13-22)8-3-2-4-9-19/h5-6,11,18H,2-4,7-10,12-13,22H2,1H3,(H,23,24). The van der Waals surface area contributed by atoms with Gasteiger partial charge in [-0.2, -0.15) is 8.78 Å². The summed E-state index contributed by atoms with van der Waals surface area (Å²) in [5.41, 5.74) is 6.64. The Morgan fingerprint density at radius 3 is 2.62 bits per heavy atom. The molecule has 0 aliphatic heterocycles. The van der Waals surface area contributed by atoms with Crippen molar-refractivity contribution < 1.29 is 23.0 Å².